The fraction of sp³-hybridized carbons (Fsp3) is 0.667. The molecule has 182 valence electrons. The number of nitrogens with zero attached hydrogens (tertiary/aromatic N) is 5. The molecule has 0 bridgehead atoms. The third kappa shape index (κ3) is 5.35. The van der Waals surface area contributed by atoms with Crippen LogP contribution in [-0.4, -0.2) is 75.5 Å². The normalized spacial score (nSPS) is 23.6. The summed E-state index contributed by atoms with van der Waals surface area (Å²) in [5.41, 5.74) is 5.23. The number of rotatable bonds is 7. The predicted molar refractivity (Wildman–Crippen MR) is 134 cm³/mol. The molecule has 2 aliphatic rings. The Bertz CT molecular complexity index is 903. The maximum absolute atomic E-state index is 6.10. The largest absolute Gasteiger partial charge is 0.361 e. The van der Waals surface area contributed by atoms with E-state index >= 15 is 0 Å². The lowest BCUT2D eigenvalue weighted by molar-refractivity contribution is -0.0539. The summed E-state index contributed by atoms with van der Waals surface area (Å²) in [6.07, 6.45) is 2.42. The summed E-state index contributed by atoms with van der Waals surface area (Å²) in [6, 6.07) is 12.0. The molecule has 2 atom stereocenters. The molecule has 3 heterocycles. The molecule has 0 aliphatic carbocycles. The van der Waals surface area contributed by atoms with Crippen LogP contribution < -0.4 is 0 Å². The number of benzene rings is 1. The van der Waals surface area contributed by atoms with Crippen molar-refractivity contribution < 1.29 is 4.74 Å². The van der Waals surface area contributed by atoms with Gasteiger partial charge in [-0.2, -0.15) is 5.10 Å². The van der Waals surface area contributed by atoms with E-state index in [0.717, 1.165) is 38.4 Å². The van der Waals surface area contributed by atoms with E-state index in [9.17, 15) is 0 Å². The summed E-state index contributed by atoms with van der Waals surface area (Å²) >= 11 is 0. The Labute approximate surface area is 200 Å². The van der Waals surface area contributed by atoms with Crippen LogP contribution in [0.2, 0.25) is 0 Å². The average Bonchev–Trinajstić information content (AvgIpc) is 3.06. The highest BCUT2D eigenvalue weighted by Crippen LogP contribution is 2.33. The zero-order valence-electron chi connectivity index (χ0n) is 21.5. The van der Waals surface area contributed by atoms with Crippen molar-refractivity contribution in [2.75, 3.05) is 39.5 Å². The fourth-order valence-corrected chi connectivity index (χ4v) is 5.74. The second kappa shape index (κ2) is 10.3. The number of likely N-dealkylation sites (tertiary alicyclic amines) is 1. The molecule has 0 spiro atoms. The molecule has 1 unspecified atom stereocenters. The van der Waals surface area contributed by atoms with Gasteiger partial charge in [-0.25, -0.2) is 0 Å². The average molecular weight is 454 g/mol. The van der Waals surface area contributed by atoms with Crippen LogP contribution in [-0.2, 0) is 18.4 Å². The van der Waals surface area contributed by atoms with E-state index in [2.05, 4.69) is 84.7 Å². The Morgan fingerprint density at radius 2 is 1.79 bits per heavy atom. The SMILES string of the molecule is Cc1nn(C)c(C)c1COCN1CCC(C)(N2CCN(C(C)c3ccccc3)[C@@H](C)C2)CC1. The van der Waals surface area contributed by atoms with Gasteiger partial charge in [0.05, 0.1) is 19.0 Å². The molecular weight excluding hydrogens is 410 g/mol. The summed E-state index contributed by atoms with van der Waals surface area (Å²) in [7, 11) is 2.00. The van der Waals surface area contributed by atoms with E-state index < -0.39 is 0 Å². The van der Waals surface area contributed by atoms with Crippen LogP contribution in [0.5, 0.6) is 0 Å². The van der Waals surface area contributed by atoms with Gasteiger partial charge in [0.1, 0.15) is 0 Å². The van der Waals surface area contributed by atoms with E-state index in [1.165, 1.54) is 29.7 Å². The summed E-state index contributed by atoms with van der Waals surface area (Å²) in [6.45, 7) is 18.5. The first-order chi connectivity index (χ1) is 15.8. The second-order valence-corrected chi connectivity index (χ2v) is 10.5. The fourth-order valence-electron chi connectivity index (χ4n) is 5.74. The van der Waals surface area contributed by atoms with Crippen molar-refractivity contribution in [3.05, 3.63) is 52.8 Å². The van der Waals surface area contributed by atoms with E-state index in [4.69, 9.17) is 4.74 Å². The van der Waals surface area contributed by atoms with Gasteiger partial charge >= 0.3 is 0 Å². The van der Waals surface area contributed by atoms with Crippen LogP contribution in [0.4, 0.5) is 0 Å². The number of piperazine rings is 1. The number of hydrogen-bond acceptors (Lipinski definition) is 5. The monoisotopic (exact) mass is 453 g/mol. The van der Waals surface area contributed by atoms with Gasteiger partial charge in [0.15, 0.2) is 0 Å². The van der Waals surface area contributed by atoms with Gasteiger partial charge in [0.2, 0.25) is 0 Å². The highest BCUT2D eigenvalue weighted by molar-refractivity contribution is 5.23. The lowest BCUT2D eigenvalue weighted by atomic mass is 9.86. The molecular formula is C27H43N5O. The van der Waals surface area contributed by atoms with Crippen LogP contribution in [0.15, 0.2) is 30.3 Å². The van der Waals surface area contributed by atoms with Gasteiger partial charge < -0.3 is 4.74 Å². The first kappa shape index (κ1) is 24.4. The zero-order chi connectivity index (χ0) is 23.6. The molecule has 0 radical (unpaired) electrons. The number of ether oxygens (including phenoxy) is 1. The number of piperidine rings is 1. The lowest BCUT2D eigenvalue weighted by Crippen LogP contribution is -2.62. The molecule has 1 aromatic carbocycles. The molecule has 2 aromatic rings. The Morgan fingerprint density at radius 1 is 1.09 bits per heavy atom. The maximum Gasteiger partial charge on any atom is 0.0994 e. The van der Waals surface area contributed by atoms with Gasteiger partial charge in [-0.3, -0.25) is 19.4 Å². The van der Waals surface area contributed by atoms with Crippen molar-refractivity contribution >= 4 is 0 Å². The topological polar surface area (TPSA) is 36.8 Å². The van der Waals surface area contributed by atoms with Gasteiger partial charge in [0.25, 0.3) is 0 Å². The highest BCUT2D eigenvalue weighted by atomic mass is 16.5. The molecule has 2 aliphatic heterocycles. The minimum atomic E-state index is 0.295. The Balaban J connectivity index is 1.25. The van der Waals surface area contributed by atoms with Gasteiger partial charge in [-0.15, -0.1) is 0 Å². The molecule has 6 nitrogen and oxygen atoms in total. The summed E-state index contributed by atoms with van der Waals surface area (Å²) < 4.78 is 8.05. The Hall–Kier alpha value is -1.73. The van der Waals surface area contributed by atoms with E-state index in [1.807, 2.05) is 11.7 Å². The van der Waals surface area contributed by atoms with E-state index in [0.29, 0.717) is 31.0 Å². The highest BCUT2D eigenvalue weighted by Gasteiger charge is 2.39. The smallest absolute Gasteiger partial charge is 0.0994 e. The number of hydrogen-bond donors (Lipinski definition) is 0. The third-order valence-corrected chi connectivity index (χ3v) is 8.33. The third-order valence-electron chi connectivity index (χ3n) is 8.33. The molecule has 33 heavy (non-hydrogen) atoms. The van der Waals surface area contributed by atoms with Crippen molar-refractivity contribution in [2.24, 2.45) is 7.05 Å². The molecule has 2 fully saturated rings. The van der Waals surface area contributed by atoms with E-state index in [1.54, 1.807) is 0 Å². The molecule has 4 rings (SSSR count). The van der Waals surface area contributed by atoms with Crippen molar-refractivity contribution in [3.8, 4) is 0 Å². The molecule has 0 N–H and O–H groups in total. The molecule has 2 saturated heterocycles. The predicted octanol–water partition coefficient (Wildman–Crippen LogP) is 4.13. The summed E-state index contributed by atoms with van der Waals surface area (Å²) in [4.78, 5) is 7.92. The first-order valence-electron chi connectivity index (χ1n) is 12.6. The first-order valence-corrected chi connectivity index (χ1v) is 12.6. The van der Waals surface area contributed by atoms with Gasteiger partial charge in [-0.05, 0) is 53.0 Å². The summed E-state index contributed by atoms with van der Waals surface area (Å²) in [5, 5.41) is 4.50. The number of aryl methyl sites for hydroxylation is 2. The Kier molecular flexibility index (Phi) is 7.59. The van der Waals surface area contributed by atoms with Crippen molar-refractivity contribution in [1.29, 1.82) is 0 Å². The Morgan fingerprint density at radius 3 is 2.39 bits per heavy atom. The van der Waals surface area contributed by atoms with Crippen molar-refractivity contribution in [2.45, 2.75) is 71.7 Å². The lowest BCUT2D eigenvalue weighted by Gasteiger charge is -2.52. The minimum absolute atomic E-state index is 0.295. The van der Waals surface area contributed by atoms with Crippen LogP contribution in [0.1, 0.15) is 62.2 Å². The maximum atomic E-state index is 6.10. The van der Waals surface area contributed by atoms with Crippen molar-refractivity contribution in [1.82, 2.24) is 24.5 Å². The van der Waals surface area contributed by atoms with Crippen LogP contribution >= 0.6 is 0 Å². The van der Waals surface area contributed by atoms with Crippen LogP contribution in [0.3, 0.4) is 0 Å². The second-order valence-electron chi connectivity index (χ2n) is 10.5. The van der Waals surface area contributed by atoms with Crippen LogP contribution in [0.25, 0.3) is 0 Å². The standard InChI is InChI=1S/C27H43N5O/c1-21-18-31(16-17-32(21)23(3)25-10-8-7-9-11-25)27(5)12-14-30(15-13-27)20-33-19-26-22(2)28-29(6)24(26)4/h7-11,21,23H,12-20H2,1-6H3/t21-,23?/m0/s1. The zero-order valence-corrected chi connectivity index (χ0v) is 21.5. The molecule has 0 amide bonds. The molecule has 1 aromatic heterocycles. The molecule has 6 heteroatoms. The van der Waals surface area contributed by atoms with E-state index in [-0.39, 0.29) is 0 Å². The quantitative estimate of drug-likeness (QED) is 0.630. The number of aromatic nitrogens is 2. The van der Waals surface area contributed by atoms with Gasteiger partial charge in [0, 0.05) is 68.7 Å². The van der Waals surface area contributed by atoms with Gasteiger partial charge in [-0.1, -0.05) is 30.3 Å². The minimum Gasteiger partial charge on any atom is -0.361 e. The van der Waals surface area contributed by atoms with Crippen molar-refractivity contribution in [3.63, 3.8) is 0 Å². The summed E-state index contributed by atoms with van der Waals surface area (Å²) in [5.74, 6) is 0. The molecule has 0 saturated carbocycles. The van der Waals surface area contributed by atoms with Crippen LogP contribution in [0, 0.1) is 13.8 Å².